The molecule has 84 valence electrons. The molecule has 0 aliphatic heterocycles. The molecule has 3 rings (SSSR count). The Morgan fingerprint density at radius 3 is 2.82 bits per heavy atom. The van der Waals surface area contributed by atoms with Crippen molar-refractivity contribution in [2.24, 2.45) is 7.05 Å². The Labute approximate surface area is 98.3 Å². The summed E-state index contributed by atoms with van der Waals surface area (Å²) in [6, 6.07) is 10.8. The Kier molecular flexibility index (Phi) is 2.18. The number of nitrogens with zero attached hydrogens (tertiary/aromatic N) is 2. The Morgan fingerprint density at radius 2 is 2.06 bits per heavy atom. The minimum absolute atomic E-state index is 0.212. The molecule has 17 heavy (non-hydrogen) atoms. The quantitative estimate of drug-likeness (QED) is 0.622. The molecule has 2 heterocycles. The van der Waals surface area contributed by atoms with Gasteiger partial charge >= 0.3 is 0 Å². The first kappa shape index (κ1) is 10.0. The molecular formula is C14H11FN2. The lowest BCUT2D eigenvalue weighted by Crippen LogP contribution is -1.91. The van der Waals surface area contributed by atoms with E-state index in [-0.39, 0.29) is 5.82 Å². The number of aryl methyl sites for hydroxylation is 1. The van der Waals surface area contributed by atoms with Crippen LogP contribution in [0, 0.1) is 5.82 Å². The zero-order valence-corrected chi connectivity index (χ0v) is 9.39. The second kappa shape index (κ2) is 3.70. The molecule has 0 unspecified atom stereocenters. The number of hydrogen-bond acceptors (Lipinski definition) is 1. The second-order valence-electron chi connectivity index (χ2n) is 4.03. The van der Waals surface area contributed by atoms with Crippen LogP contribution in [-0.2, 0) is 7.05 Å². The molecule has 0 spiro atoms. The normalized spacial score (nSPS) is 10.9. The molecule has 1 aromatic carbocycles. The molecule has 0 radical (unpaired) electrons. The molecule has 0 saturated carbocycles. The van der Waals surface area contributed by atoms with Gasteiger partial charge in [0.1, 0.15) is 5.82 Å². The zero-order chi connectivity index (χ0) is 11.8. The number of aromatic nitrogens is 2. The summed E-state index contributed by atoms with van der Waals surface area (Å²) < 4.78 is 15.2. The van der Waals surface area contributed by atoms with Gasteiger partial charge in [0, 0.05) is 30.4 Å². The van der Waals surface area contributed by atoms with Gasteiger partial charge in [0.15, 0.2) is 0 Å². The van der Waals surface area contributed by atoms with Crippen LogP contribution in [0.15, 0.2) is 48.8 Å². The fourth-order valence-corrected chi connectivity index (χ4v) is 2.09. The summed E-state index contributed by atoms with van der Waals surface area (Å²) in [6.45, 7) is 0. The van der Waals surface area contributed by atoms with Crippen molar-refractivity contribution < 1.29 is 4.39 Å². The summed E-state index contributed by atoms with van der Waals surface area (Å²) in [4.78, 5) is 4.10. The summed E-state index contributed by atoms with van der Waals surface area (Å²) in [5.41, 5.74) is 2.97. The third kappa shape index (κ3) is 1.60. The van der Waals surface area contributed by atoms with Crippen LogP contribution < -0.4 is 0 Å². The first-order chi connectivity index (χ1) is 8.25. The fraction of sp³-hybridized carbons (Fsp3) is 0.0714. The van der Waals surface area contributed by atoms with Crippen LogP contribution in [0.3, 0.4) is 0 Å². The number of hydrogen-bond donors (Lipinski definition) is 0. The lowest BCUT2D eigenvalue weighted by atomic mass is 10.2. The summed E-state index contributed by atoms with van der Waals surface area (Å²) in [6.07, 6.45) is 3.55. The second-order valence-corrected chi connectivity index (χ2v) is 4.03. The van der Waals surface area contributed by atoms with Crippen molar-refractivity contribution in [3.8, 4) is 11.3 Å². The van der Waals surface area contributed by atoms with Gasteiger partial charge in [0.2, 0.25) is 0 Å². The zero-order valence-electron chi connectivity index (χ0n) is 9.39. The highest BCUT2D eigenvalue weighted by Gasteiger charge is 2.08. The Balaban J connectivity index is 2.28. The van der Waals surface area contributed by atoms with Crippen LogP contribution in [0.2, 0.25) is 0 Å². The van der Waals surface area contributed by atoms with Crippen molar-refractivity contribution >= 4 is 10.9 Å². The molecule has 0 amide bonds. The average molecular weight is 226 g/mol. The lowest BCUT2D eigenvalue weighted by molar-refractivity contribution is 0.629. The van der Waals surface area contributed by atoms with E-state index < -0.39 is 0 Å². The molecular weight excluding hydrogens is 215 g/mol. The maximum atomic E-state index is 13.2. The topological polar surface area (TPSA) is 17.8 Å². The molecule has 0 atom stereocenters. The summed E-state index contributed by atoms with van der Waals surface area (Å²) in [5.74, 6) is -0.212. The number of pyridine rings is 1. The van der Waals surface area contributed by atoms with Crippen molar-refractivity contribution in [3.05, 3.63) is 54.6 Å². The van der Waals surface area contributed by atoms with Gasteiger partial charge in [-0.25, -0.2) is 4.39 Å². The van der Waals surface area contributed by atoms with E-state index >= 15 is 0 Å². The molecule has 2 nitrogen and oxygen atoms in total. The standard InChI is InChI=1S/C14H11FN2/c1-17-13(11-3-2-6-16-9-11)7-10-4-5-12(15)8-14(10)17/h2-9H,1H3. The highest BCUT2D eigenvalue weighted by Crippen LogP contribution is 2.26. The van der Waals surface area contributed by atoms with Gasteiger partial charge < -0.3 is 4.57 Å². The van der Waals surface area contributed by atoms with Crippen LogP contribution in [0.25, 0.3) is 22.2 Å². The van der Waals surface area contributed by atoms with Gasteiger partial charge in [-0.3, -0.25) is 4.98 Å². The van der Waals surface area contributed by atoms with Crippen LogP contribution in [0.5, 0.6) is 0 Å². The van der Waals surface area contributed by atoms with E-state index in [1.165, 1.54) is 6.07 Å². The van der Waals surface area contributed by atoms with E-state index in [0.29, 0.717) is 0 Å². The number of fused-ring (bicyclic) bond motifs is 1. The van der Waals surface area contributed by atoms with Crippen molar-refractivity contribution in [3.63, 3.8) is 0 Å². The predicted molar refractivity (Wildman–Crippen MR) is 66.1 cm³/mol. The predicted octanol–water partition coefficient (Wildman–Crippen LogP) is 3.38. The Morgan fingerprint density at radius 1 is 1.18 bits per heavy atom. The molecule has 3 heteroatoms. The molecule has 0 aliphatic carbocycles. The third-order valence-corrected chi connectivity index (χ3v) is 2.96. The molecule has 0 fully saturated rings. The van der Waals surface area contributed by atoms with E-state index in [1.807, 2.05) is 36.0 Å². The minimum atomic E-state index is -0.212. The SMILES string of the molecule is Cn1c(-c2cccnc2)cc2ccc(F)cc21. The lowest BCUT2D eigenvalue weighted by Gasteiger charge is -2.03. The number of benzene rings is 1. The number of rotatable bonds is 1. The fourth-order valence-electron chi connectivity index (χ4n) is 2.09. The van der Waals surface area contributed by atoms with Crippen LogP contribution >= 0.6 is 0 Å². The Hall–Kier alpha value is -2.16. The number of halogens is 1. The molecule has 0 saturated heterocycles. The smallest absolute Gasteiger partial charge is 0.125 e. The van der Waals surface area contributed by atoms with E-state index in [0.717, 1.165) is 22.2 Å². The first-order valence-corrected chi connectivity index (χ1v) is 5.41. The maximum Gasteiger partial charge on any atom is 0.125 e. The van der Waals surface area contributed by atoms with Crippen molar-refractivity contribution in [2.45, 2.75) is 0 Å². The van der Waals surface area contributed by atoms with Crippen molar-refractivity contribution in [1.29, 1.82) is 0 Å². The van der Waals surface area contributed by atoms with E-state index in [4.69, 9.17) is 0 Å². The monoisotopic (exact) mass is 226 g/mol. The van der Waals surface area contributed by atoms with Crippen LogP contribution in [0.1, 0.15) is 0 Å². The molecule has 2 aromatic heterocycles. The van der Waals surface area contributed by atoms with Crippen LogP contribution in [0.4, 0.5) is 4.39 Å². The molecule has 0 bridgehead atoms. The van der Waals surface area contributed by atoms with E-state index in [9.17, 15) is 4.39 Å². The highest BCUT2D eigenvalue weighted by atomic mass is 19.1. The molecule has 0 aliphatic rings. The Bertz CT molecular complexity index is 671. The summed E-state index contributed by atoms with van der Waals surface area (Å²) in [5, 5.41) is 1.03. The minimum Gasteiger partial charge on any atom is -0.343 e. The van der Waals surface area contributed by atoms with Gasteiger partial charge in [-0.2, -0.15) is 0 Å². The molecule has 0 N–H and O–H groups in total. The third-order valence-electron chi connectivity index (χ3n) is 2.96. The van der Waals surface area contributed by atoms with Gasteiger partial charge in [-0.05, 0) is 36.4 Å². The average Bonchev–Trinajstić information content (AvgIpc) is 2.68. The largest absolute Gasteiger partial charge is 0.343 e. The van der Waals surface area contributed by atoms with Crippen molar-refractivity contribution in [2.75, 3.05) is 0 Å². The maximum absolute atomic E-state index is 13.2. The summed E-state index contributed by atoms with van der Waals surface area (Å²) >= 11 is 0. The van der Waals surface area contributed by atoms with Gasteiger partial charge in [-0.15, -0.1) is 0 Å². The van der Waals surface area contributed by atoms with E-state index in [1.54, 1.807) is 18.3 Å². The van der Waals surface area contributed by atoms with Gasteiger partial charge in [-0.1, -0.05) is 0 Å². The first-order valence-electron chi connectivity index (χ1n) is 5.41. The van der Waals surface area contributed by atoms with Crippen molar-refractivity contribution in [1.82, 2.24) is 9.55 Å². The van der Waals surface area contributed by atoms with E-state index in [2.05, 4.69) is 4.98 Å². The van der Waals surface area contributed by atoms with Gasteiger partial charge in [0.05, 0.1) is 11.2 Å². The van der Waals surface area contributed by atoms with Crippen LogP contribution in [-0.4, -0.2) is 9.55 Å². The van der Waals surface area contributed by atoms with Gasteiger partial charge in [0.25, 0.3) is 0 Å². The highest BCUT2D eigenvalue weighted by molar-refractivity contribution is 5.86. The molecule has 3 aromatic rings. The summed E-state index contributed by atoms with van der Waals surface area (Å²) in [7, 11) is 1.93.